The first-order valence-corrected chi connectivity index (χ1v) is 7.45. The molecular weight excluding hydrogens is 338 g/mol. The molecular formula is C17H17F4N3O. The van der Waals surface area contributed by atoms with Crippen LogP contribution in [-0.4, -0.2) is 18.9 Å². The number of nitrogens with two attached hydrogens (primary N) is 1. The van der Waals surface area contributed by atoms with Crippen molar-refractivity contribution in [3.05, 3.63) is 65.5 Å². The molecule has 0 unspecified atom stereocenters. The molecule has 134 valence electrons. The summed E-state index contributed by atoms with van der Waals surface area (Å²) in [7, 11) is 0. The number of hydrogen-bond acceptors (Lipinski definition) is 2. The Morgan fingerprint density at radius 1 is 1.08 bits per heavy atom. The highest BCUT2D eigenvalue weighted by molar-refractivity contribution is 5.77. The molecule has 0 amide bonds. The Balaban J connectivity index is 1.78. The zero-order chi connectivity index (χ0) is 18.3. The lowest BCUT2D eigenvalue weighted by Crippen LogP contribution is -2.33. The van der Waals surface area contributed by atoms with E-state index in [0.29, 0.717) is 18.5 Å². The standard InChI is InChI=1S/C17H17F4N3O/c18-14-3-1-2-12(10-14)8-9-23-16(22)24-11-13-4-6-15(7-5-13)25-17(19,20)21/h1-7,10H,8-9,11H2,(H3,22,23,24). The molecule has 25 heavy (non-hydrogen) atoms. The molecule has 0 bridgehead atoms. The van der Waals surface area contributed by atoms with Crippen molar-refractivity contribution in [1.29, 1.82) is 0 Å². The van der Waals surface area contributed by atoms with Gasteiger partial charge in [0, 0.05) is 6.54 Å². The van der Waals surface area contributed by atoms with Crippen LogP contribution in [-0.2, 0) is 13.0 Å². The molecule has 3 N–H and O–H groups in total. The van der Waals surface area contributed by atoms with Gasteiger partial charge in [0.15, 0.2) is 5.96 Å². The van der Waals surface area contributed by atoms with Gasteiger partial charge in [0.05, 0.1) is 6.54 Å². The third-order valence-electron chi connectivity index (χ3n) is 3.20. The van der Waals surface area contributed by atoms with E-state index in [1.807, 2.05) is 6.07 Å². The summed E-state index contributed by atoms with van der Waals surface area (Å²) in [5, 5.41) is 2.90. The van der Waals surface area contributed by atoms with Crippen molar-refractivity contribution in [2.75, 3.05) is 6.54 Å². The zero-order valence-electron chi connectivity index (χ0n) is 13.2. The van der Waals surface area contributed by atoms with E-state index in [1.165, 1.54) is 36.4 Å². The fourth-order valence-electron chi connectivity index (χ4n) is 2.06. The van der Waals surface area contributed by atoms with Gasteiger partial charge < -0.3 is 15.8 Å². The van der Waals surface area contributed by atoms with E-state index >= 15 is 0 Å². The van der Waals surface area contributed by atoms with Crippen LogP contribution in [0.4, 0.5) is 17.6 Å². The second-order valence-electron chi connectivity index (χ2n) is 5.20. The number of ether oxygens (including phenoxy) is 1. The minimum Gasteiger partial charge on any atom is -0.406 e. The van der Waals surface area contributed by atoms with Gasteiger partial charge in [-0.15, -0.1) is 13.2 Å². The lowest BCUT2D eigenvalue weighted by molar-refractivity contribution is -0.274. The van der Waals surface area contributed by atoms with E-state index in [2.05, 4.69) is 15.0 Å². The minimum atomic E-state index is -4.71. The first-order valence-electron chi connectivity index (χ1n) is 7.45. The summed E-state index contributed by atoms with van der Waals surface area (Å²) in [6.45, 7) is 0.697. The monoisotopic (exact) mass is 355 g/mol. The fourth-order valence-corrected chi connectivity index (χ4v) is 2.06. The number of nitrogens with zero attached hydrogens (tertiary/aromatic N) is 1. The third-order valence-corrected chi connectivity index (χ3v) is 3.20. The fraction of sp³-hybridized carbons (Fsp3) is 0.235. The minimum absolute atomic E-state index is 0.201. The van der Waals surface area contributed by atoms with Gasteiger partial charge in [-0.05, 0) is 41.8 Å². The molecule has 0 spiro atoms. The van der Waals surface area contributed by atoms with Gasteiger partial charge in [0.25, 0.3) is 0 Å². The number of alkyl halides is 3. The molecule has 8 heteroatoms. The average Bonchev–Trinajstić information content (AvgIpc) is 2.53. The number of halogens is 4. The maximum atomic E-state index is 13.0. The van der Waals surface area contributed by atoms with Crippen LogP contribution in [0.2, 0.25) is 0 Å². The van der Waals surface area contributed by atoms with Gasteiger partial charge in [-0.3, -0.25) is 0 Å². The SMILES string of the molecule is NC(=NCc1ccc(OC(F)(F)F)cc1)NCCc1cccc(F)c1. The number of guanidine groups is 1. The smallest absolute Gasteiger partial charge is 0.406 e. The predicted octanol–water partition coefficient (Wildman–Crippen LogP) is 3.37. The molecule has 0 atom stereocenters. The lowest BCUT2D eigenvalue weighted by atomic mass is 10.1. The van der Waals surface area contributed by atoms with Crippen LogP contribution < -0.4 is 15.8 Å². The predicted molar refractivity (Wildman–Crippen MR) is 86.6 cm³/mol. The van der Waals surface area contributed by atoms with E-state index in [1.54, 1.807) is 6.07 Å². The second-order valence-corrected chi connectivity index (χ2v) is 5.20. The van der Waals surface area contributed by atoms with E-state index in [9.17, 15) is 17.6 Å². The van der Waals surface area contributed by atoms with Crippen molar-refractivity contribution in [1.82, 2.24) is 5.32 Å². The molecule has 0 heterocycles. The molecule has 0 aliphatic heterocycles. The highest BCUT2D eigenvalue weighted by Gasteiger charge is 2.30. The highest BCUT2D eigenvalue weighted by atomic mass is 19.4. The molecule has 0 fully saturated rings. The average molecular weight is 355 g/mol. The van der Waals surface area contributed by atoms with Crippen LogP contribution in [0.1, 0.15) is 11.1 Å². The zero-order valence-corrected chi connectivity index (χ0v) is 13.2. The largest absolute Gasteiger partial charge is 0.573 e. The second kappa shape index (κ2) is 8.36. The van der Waals surface area contributed by atoms with Crippen molar-refractivity contribution < 1.29 is 22.3 Å². The molecule has 0 saturated heterocycles. The highest BCUT2D eigenvalue weighted by Crippen LogP contribution is 2.22. The Morgan fingerprint density at radius 3 is 2.44 bits per heavy atom. The molecule has 0 aromatic heterocycles. The normalized spacial score (nSPS) is 12.1. The third kappa shape index (κ3) is 7.11. The molecule has 0 aliphatic carbocycles. The molecule has 2 aromatic carbocycles. The van der Waals surface area contributed by atoms with E-state index < -0.39 is 6.36 Å². The van der Waals surface area contributed by atoms with Crippen LogP contribution in [0.5, 0.6) is 5.75 Å². The maximum absolute atomic E-state index is 13.0. The summed E-state index contributed by atoms with van der Waals surface area (Å²) in [6, 6.07) is 11.6. The molecule has 4 nitrogen and oxygen atoms in total. The van der Waals surface area contributed by atoms with E-state index in [0.717, 1.165) is 5.56 Å². The van der Waals surface area contributed by atoms with E-state index in [4.69, 9.17) is 5.73 Å². The van der Waals surface area contributed by atoms with Gasteiger partial charge >= 0.3 is 6.36 Å². The summed E-state index contributed by atoms with van der Waals surface area (Å²) in [5.41, 5.74) is 7.24. The van der Waals surface area contributed by atoms with Gasteiger partial charge in [-0.1, -0.05) is 24.3 Å². The Hall–Kier alpha value is -2.77. The Morgan fingerprint density at radius 2 is 1.80 bits per heavy atom. The first-order chi connectivity index (χ1) is 11.8. The van der Waals surface area contributed by atoms with Crippen molar-refractivity contribution in [2.45, 2.75) is 19.3 Å². The quantitative estimate of drug-likeness (QED) is 0.475. The summed E-state index contributed by atoms with van der Waals surface area (Å²) in [5.74, 6) is -0.384. The number of nitrogens with one attached hydrogen (secondary N) is 1. The Bertz CT molecular complexity index is 715. The summed E-state index contributed by atoms with van der Waals surface area (Å²) >= 11 is 0. The lowest BCUT2D eigenvalue weighted by Gasteiger charge is -2.09. The van der Waals surface area contributed by atoms with Crippen molar-refractivity contribution >= 4 is 5.96 Å². The topological polar surface area (TPSA) is 59.6 Å². The van der Waals surface area contributed by atoms with Crippen LogP contribution in [0.3, 0.4) is 0 Å². The van der Waals surface area contributed by atoms with Crippen LogP contribution in [0.25, 0.3) is 0 Å². The van der Waals surface area contributed by atoms with Crippen LogP contribution in [0.15, 0.2) is 53.5 Å². The van der Waals surface area contributed by atoms with Crippen LogP contribution >= 0.6 is 0 Å². The maximum Gasteiger partial charge on any atom is 0.573 e. The van der Waals surface area contributed by atoms with Gasteiger partial charge in [-0.25, -0.2) is 9.38 Å². The summed E-state index contributed by atoms with van der Waals surface area (Å²) in [4.78, 5) is 4.09. The Kier molecular flexibility index (Phi) is 6.21. The molecule has 0 aliphatic rings. The van der Waals surface area contributed by atoms with Crippen LogP contribution in [0, 0.1) is 5.82 Å². The molecule has 0 radical (unpaired) electrons. The van der Waals surface area contributed by atoms with Crippen molar-refractivity contribution in [3.8, 4) is 5.75 Å². The summed E-state index contributed by atoms with van der Waals surface area (Å²) in [6.07, 6.45) is -4.13. The summed E-state index contributed by atoms with van der Waals surface area (Å²) < 4.78 is 53.0. The number of hydrogen-bond donors (Lipinski definition) is 2. The van der Waals surface area contributed by atoms with Gasteiger partial charge in [0.2, 0.25) is 0 Å². The molecule has 0 saturated carbocycles. The van der Waals surface area contributed by atoms with Gasteiger partial charge in [-0.2, -0.15) is 0 Å². The Labute approximate surface area is 142 Å². The number of rotatable bonds is 6. The van der Waals surface area contributed by atoms with Gasteiger partial charge in [0.1, 0.15) is 11.6 Å². The molecule has 2 rings (SSSR count). The van der Waals surface area contributed by atoms with Crippen molar-refractivity contribution in [2.24, 2.45) is 10.7 Å². The number of aliphatic imine (C=N–C) groups is 1. The van der Waals surface area contributed by atoms with Crippen molar-refractivity contribution in [3.63, 3.8) is 0 Å². The van der Waals surface area contributed by atoms with E-state index in [-0.39, 0.29) is 24.1 Å². The number of benzene rings is 2. The first kappa shape index (κ1) is 18.6. The molecule has 2 aromatic rings.